The van der Waals surface area contributed by atoms with Crippen LogP contribution < -0.4 is 0 Å². The average molecular weight is 335 g/mol. The molecule has 0 spiro atoms. The lowest BCUT2D eigenvalue weighted by atomic mass is 10.1. The first-order chi connectivity index (χ1) is 9.68. The fraction of sp³-hybridized carbons (Fsp3) is 0.667. The second-order valence-corrected chi connectivity index (χ2v) is 7.96. The van der Waals surface area contributed by atoms with E-state index in [9.17, 15) is 13.5 Å². The number of sulfonamides is 1. The predicted molar refractivity (Wildman–Crippen MR) is 78.5 cm³/mol. The van der Waals surface area contributed by atoms with Gasteiger partial charge in [0.15, 0.2) is 0 Å². The van der Waals surface area contributed by atoms with E-state index in [0.717, 1.165) is 0 Å². The molecule has 0 saturated carbocycles. The van der Waals surface area contributed by atoms with Crippen LogP contribution in [0.5, 0.6) is 0 Å². The monoisotopic (exact) mass is 334 g/mol. The molecule has 1 aliphatic heterocycles. The minimum absolute atomic E-state index is 0.0175. The molecule has 0 aromatic carbocycles. The van der Waals surface area contributed by atoms with Gasteiger partial charge in [-0.05, 0) is 25.4 Å². The van der Waals surface area contributed by atoms with Crippen LogP contribution in [0.2, 0.25) is 5.28 Å². The molecule has 1 aromatic rings. The largest absolute Gasteiger partial charge is 0.389 e. The Morgan fingerprint density at radius 2 is 1.76 bits per heavy atom. The third-order valence-corrected chi connectivity index (χ3v) is 5.22. The Bertz CT molecular complexity index is 578. The number of aromatic nitrogens is 2. The van der Waals surface area contributed by atoms with Crippen LogP contribution in [-0.2, 0) is 10.0 Å². The molecule has 1 fully saturated rings. The topological polar surface area (TPSA) is 86.6 Å². The fourth-order valence-corrected chi connectivity index (χ4v) is 3.67. The normalized spacial score (nSPS) is 18.9. The van der Waals surface area contributed by atoms with Crippen molar-refractivity contribution in [2.75, 3.05) is 32.7 Å². The fourth-order valence-electron chi connectivity index (χ4n) is 2.26. The molecule has 0 unspecified atom stereocenters. The number of aliphatic hydroxyl groups is 1. The summed E-state index contributed by atoms with van der Waals surface area (Å²) < 4.78 is 26.3. The van der Waals surface area contributed by atoms with Crippen molar-refractivity contribution in [1.82, 2.24) is 19.2 Å². The van der Waals surface area contributed by atoms with Crippen LogP contribution in [0.15, 0.2) is 17.3 Å². The number of halogens is 1. The van der Waals surface area contributed by atoms with Gasteiger partial charge in [-0.25, -0.2) is 18.4 Å². The number of hydrogen-bond donors (Lipinski definition) is 1. The maximum absolute atomic E-state index is 12.4. The van der Waals surface area contributed by atoms with Crippen LogP contribution in [0.1, 0.15) is 13.8 Å². The molecule has 1 aromatic heterocycles. The molecule has 1 aliphatic rings. The van der Waals surface area contributed by atoms with E-state index in [1.165, 1.54) is 16.7 Å². The summed E-state index contributed by atoms with van der Waals surface area (Å²) in [5.41, 5.74) is -0.787. The molecular formula is C12H19ClN4O3S. The van der Waals surface area contributed by atoms with Crippen molar-refractivity contribution >= 4 is 21.6 Å². The van der Waals surface area contributed by atoms with Crippen molar-refractivity contribution in [3.05, 3.63) is 17.7 Å². The van der Waals surface area contributed by atoms with E-state index in [-0.39, 0.29) is 10.2 Å². The van der Waals surface area contributed by atoms with Gasteiger partial charge in [-0.2, -0.15) is 4.31 Å². The lowest BCUT2D eigenvalue weighted by Crippen LogP contribution is -2.51. The van der Waals surface area contributed by atoms with Gasteiger partial charge in [0, 0.05) is 32.7 Å². The van der Waals surface area contributed by atoms with E-state index in [4.69, 9.17) is 11.6 Å². The van der Waals surface area contributed by atoms with Crippen LogP contribution in [-0.4, -0.2) is 71.0 Å². The maximum Gasteiger partial charge on any atom is 0.246 e. The lowest BCUT2D eigenvalue weighted by molar-refractivity contribution is 0.0263. The highest BCUT2D eigenvalue weighted by Gasteiger charge is 2.30. The minimum atomic E-state index is -3.59. The van der Waals surface area contributed by atoms with Crippen molar-refractivity contribution in [2.24, 2.45) is 0 Å². The summed E-state index contributed by atoms with van der Waals surface area (Å²) in [6, 6.07) is 0. The summed E-state index contributed by atoms with van der Waals surface area (Å²) in [5, 5.41) is 9.81. The Morgan fingerprint density at radius 1 is 1.24 bits per heavy atom. The molecule has 1 saturated heterocycles. The van der Waals surface area contributed by atoms with Gasteiger partial charge in [0.25, 0.3) is 0 Å². The Balaban J connectivity index is 2.03. The van der Waals surface area contributed by atoms with E-state index < -0.39 is 15.6 Å². The van der Waals surface area contributed by atoms with Crippen LogP contribution in [0.3, 0.4) is 0 Å². The zero-order valence-electron chi connectivity index (χ0n) is 12.0. The molecule has 2 heterocycles. The van der Waals surface area contributed by atoms with Gasteiger partial charge in [-0.15, -0.1) is 0 Å². The van der Waals surface area contributed by atoms with Crippen molar-refractivity contribution < 1.29 is 13.5 Å². The molecule has 1 N–H and O–H groups in total. The average Bonchev–Trinajstić information content (AvgIpc) is 2.38. The second-order valence-electron chi connectivity index (χ2n) is 5.68. The van der Waals surface area contributed by atoms with Gasteiger partial charge in [0.05, 0.1) is 18.0 Å². The molecule has 21 heavy (non-hydrogen) atoms. The SMILES string of the molecule is CC(C)(O)CN1CCN(S(=O)(=O)c2cnc(Cl)nc2)CC1. The Labute approximate surface area is 129 Å². The first-order valence-corrected chi connectivity index (χ1v) is 8.43. The third-order valence-electron chi connectivity index (χ3n) is 3.18. The zero-order valence-corrected chi connectivity index (χ0v) is 13.6. The quantitative estimate of drug-likeness (QED) is 0.792. The summed E-state index contributed by atoms with van der Waals surface area (Å²) in [6.45, 7) is 5.91. The smallest absolute Gasteiger partial charge is 0.246 e. The molecular weight excluding hydrogens is 316 g/mol. The zero-order chi connectivity index (χ0) is 15.7. The highest BCUT2D eigenvalue weighted by molar-refractivity contribution is 7.89. The van der Waals surface area contributed by atoms with Crippen molar-refractivity contribution in [1.29, 1.82) is 0 Å². The van der Waals surface area contributed by atoms with Crippen LogP contribution >= 0.6 is 11.6 Å². The molecule has 0 aliphatic carbocycles. The second kappa shape index (κ2) is 6.13. The number of hydrogen-bond acceptors (Lipinski definition) is 6. The Morgan fingerprint density at radius 3 is 2.24 bits per heavy atom. The van der Waals surface area contributed by atoms with Gasteiger partial charge in [0.1, 0.15) is 4.90 Å². The summed E-state index contributed by atoms with van der Waals surface area (Å²) >= 11 is 5.57. The molecule has 7 nitrogen and oxygen atoms in total. The first-order valence-electron chi connectivity index (χ1n) is 6.61. The molecule has 2 rings (SSSR count). The summed E-state index contributed by atoms with van der Waals surface area (Å²) in [7, 11) is -3.59. The number of β-amino-alcohol motifs (C(OH)–C–C–N with tert-alkyl or cyclic N) is 1. The highest BCUT2D eigenvalue weighted by atomic mass is 35.5. The van der Waals surface area contributed by atoms with E-state index in [1.54, 1.807) is 13.8 Å². The number of rotatable bonds is 4. The summed E-state index contributed by atoms with van der Waals surface area (Å²) in [6.07, 6.45) is 2.43. The molecule has 9 heteroatoms. The van der Waals surface area contributed by atoms with Gasteiger partial charge < -0.3 is 5.11 Å². The Hall–Kier alpha value is -0.800. The van der Waals surface area contributed by atoms with Gasteiger partial charge >= 0.3 is 0 Å². The molecule has 0 bridgehead atoms. The summed E-state index contributed by atoms with van der Waals surface area (Å²) in [4.78, 5) is 9.51. The maximum atomic E-state index is 12.4. The minimum Gasteiger partial charge on any atom is -0.389 e. The van der Waals surface area contributed by atoms with Gasteiger partial charge in [-0.3, -0.25) is 4.90 Å². The number of nitrogens with zero attached hydrogens (tertiary/aromatic N) is 4. The van der Waals surface area contributed by atoms with E-state index in [2.05, 4.69) is 9.97 Å². The standard InChI is InChI=1S/C12H19ClN4O3S/c1-12(2,18)9-16-3-5-17(6-4-16)21(19,20)10-7-14-11(13)15-8-10/h7-8,18H,3-6,9H2,1-2H3. The molecule has 118 valence electrons. The van der Waals surface area contributed by atoms with Gasteiger partial charge in [-0.1, -0.05) is 0 Å². The van der Waals surface area contributed by atoms with Gasteiger partial charge in [0.2, 0.25) is 15.3 Å². The molecule has 0 radical (unpaired) electrons. The van der Waals surface area contributed by atoms with Crippen LogP contribution in [0.25, 0.3) is 0 Å². The third kappa shape index (κ3) is 4.33. The van der Waals surface area contributed by atoms with Crippen LogP contribution in [0, 0.1) is 0 Å². The van der Waals surface area contributed by atoms with Crippen molar-refractivity contribution in [2.45, 2.75) is 24.3 Å². The predicted octanol–water partition coefficient (Wildman–Crippen LogP) is 0.207. The van der Waals surface area contributed by atoms with Crippen LogP contribution in [0.4, 0.5) is 0 Å². The highest BCUT2D eigenvalue weighted by Crippen LogP contribution is 2.17. The molecule has 0 amide bonds. The van der Waals surface area contributed by atoms with E-state index >= 15 is 0 Å². The summed E-state index contributed by atoms with van der Waals surface area (Å²) in [5.74, 6) is 0. The van der Waals surface area contributed by atoms with E-state index in [1.807, 2.05) is 4.90 Å². The molecule has 0 atom stereocenters. The lowest BCUT2D eigenvalue weighted by Gasteiger charge is -2.36. The van der Waals surface area contributed by atoms with Crippen molar-refractivity contribution in [3.8, 4) is 0 Å². The first kappa shape index (κ1) is 16.6. The Kier molecular flexibility index (Phi) is 4.84. The van der Waals surface area contributed by atoms with E-state index in [0.29, 0.717) is 32.7 Å². The number of piperazine rings is 1. The van der Waals surface area contributed by atoms with Crippen molar-refractivity contribution in [3.63, 3.8) is 0 Å².